The van der Waals surface area contributed by atoms with Crippen molar-refractivity contribution in [1.29, 1.82) is 0 Å². The van der Waals surface area contributed by atoms with Crippen LogP contribution in [0.25, 0.3) is 0 Å². The maximum atomic E-state index is 11.8. The number of unbranched alkanes of at least 4 members (excludes halogenated alkanes) is 24. The Morgan fingerprint density at radius 3 is 0.784 bits per heavy atom. The van der Waals surface area contributed by atoms with Gasteiger partial charge in [0.25, 0.3) is 0 Å². The fourth-order valence-corrected chi connectivity index (χ4v) is 4.80. The predicted octanol–water partition coefficient (Wildman–Crippen LogP) is 5.25. The van der Waals surface area contributed by atoms with Crippen LogP contribution in [0.5, 0.6) is 0 Å². The normalized spacial score (nSPS) is 10.5. The summed E-state index contributed by atoms with van der Waals surface area (Å²) in [4.78, 5) is 23.7. The van der Waals surface area contributed by atoms with Crippen LogP contribution in [0.4, 0.5) is 0 Å². The average Bonchev–Trinajstić information content (AvgIpc) is 2.85. The maximum absolute atomic E-state index is 11.8. The number of esters is 2. The molecule has 0 fully saturated rings. The Hall–Kier alpha value is 1.14. The van der Waals surface area contributed by atoms with E-state index in [1.165, 1.54) is 141 Å². The van der Waals surface area contributed by atoms with Crippen molar-refractivity contribution in [2.24, 2.45) is 0 Å². The molecule has 5 heteroatoms. The molecular formula is C32H64Na2O3. The van der Waals surface area contributed by atoms with E-state index in [-0.39, 0.29) is 73.9 Å². The summed E-state index contributed by atoms with van der Waals surface area (Å²) in [5, 5.41) is 0. The van der Waals surface area contributed by atoms with Gasteiger partial charge in [0.15, 0.2) is 0 Å². The molecule has 37 heavy (non-hydrogen) atoms. The molecule has 0 aromatic carbocycles. The second-order valence-electron chi connectivity index (χ2n) is 10.8. The van der Waals surface area contributed by atoms with Gasteiger partial charge in [0.2, 0.25) is 0 Å². The van der Waals surface area contributed by atoms with Crippen LogP contribution in [0, 0.1) is 0 Å². The zero-order valence-electron chi connectivity index (χ0n) is 28.0. The molecule has 3 nitrogen and oxygen atoms in total. The maximum Gasteiger partial charge on any atom is 1.00 e. The van der Waals surface area contributed by atoms with Gasteiger partial charge in [-0.05, 0) is 12.8 Å². The summed E-state index contributed by atoms with van der Waals surface area (Å²) in [5.74, 6) is -0.652. The van der Waals surface area contributed by atoms with Crippen molar-refractivity contribution in [1.82, 2.24) is 0 Å². The first-order valence-corrected chi connectivity index (χ1v) is 15.9. The zero-order chi connectivity index (χ0) is 25.7. The van der Waals surface area contributed by atoms with Crippen molar-refractivity contribution in [3.05, 3.63) is 0 Å². The number of ether oxygens (including phenoxy) is 1. The van der Waals surface area contributed by atoms with Crippen LogP contribution in [-0.4, -0.2) is 11.9 Å². The summed E-state index contributed by atoms with van der Waals surface area (Å²) >= 11 is 0. The van der Waals surface area contributed by atoms with E-state index in [0.717, 1.165) is 25.7 Å². The zero-order valence-corrected chi connectivity index (χ0v) is 30.0. The van der Waals surface area contributed by atoms with Crippen molar-refractivity contribution in [2.45, 2.75) is 194 Å². The van der Waals surface area contributed by atoms with Gasteiger partial charge in [-0.15, -0.1) is 0 Å². The first-order chi connectivity index (χ1) is 17.2. The van der Waals surface area contributed by atoms with Gasteiger partial charge in [-0.1, -0.05) is 168 Å². The van der Waals surface area contributed by atoms with E-state index in [1.54, 1.807) is 0 Å². The Morgan fingerprint density at radius 1 is 0.378 bits per heavy atom. The summed E-state index contributed by atoms with van der Waals surface area (Å²) < 4.78 is 4.99. The summed E-state index contributed by atoms with van der Waals surface area (Å²) in [6.07, 6.45) is 34.3. The molecule has 0 aromatic heterocycles. The van der Waals surface area contributed by atoms with Crippen LogP contribution < -0.4 is 59.1 Å². The standard InChI is InChI=1S/C32H62O3.2Na.2H/c1-3-5-7-9-11-13-15-17-19-21-23-25-27-29-31(33)35-32(34)30-28-26-24-22-20-18-16-14-12-10-8-6-4-2;;;;/h3-30H2,1-2H3;;;;/q;2*+1;2*-1. The van der Waals surface area contributed by atoms with Gasteiger partial charge >= 0.3 is 71.1 Å². The Morgan fingerprint density at radius 2 is 0.568 bits per heavy atom. The fourth-order valence-electron chi connectivity index (χ4n) is 4.80. The molecular weight excluding hydrogens is 478 g/mol. The van der Waals surface area contributed by atoms with Gasteiger partial charge in [-0.2, -0.15) is 0 Å². The number of carbonyl (C=O) groups is 2. The first-order valence-electron chi connectivity index (χ1n) is 15.9. The van der Waals surface area contributed by atoms with E-state index in [0.29, 0.717) is 12.8 Å². The van der Waals surface area contributed by atoms with E-state index in [4.69, 9.17) is 4.74 Å². The molecule has 0 aliphatic rings. The largest absolute Gasteiger partial charge is 1.00 e. The van der Waals surface area contributed by atoms with Crippen LogP contribution in [0.1, 0.15) is 196 Å². The van der Waals surface area contributed by atoms with Crippen molar-refractivity contribution >= 4 is 11.9 Å². The molecule has 0 saturated carbocycles. The molecule has 0 unspecified atom stereocenters. The molecule has 0 aliphatic heterocycles. The molecule has 0 aromatic rings. The van der Waals surface area contributed by atoms with E-state index < -0.39 is 0 Å². The summed E-state index contributed by atoms with van der Waals surface area (Å²) in [6, 6.07) is 0. The fraction of sp³-hybridized carbons (Fsp3) is 0.938. The van der Waals surface area contributed by atoms with Gasteiger partial charge < -0.3 is 7.59 Å². The van der Waals surface area contributed by atoms with E-state index in [1.807, 2.05) is 0 Å². The third-order valence-corrected chi connectivity index (χ3v) is 7.20. The van der Waals surface area contributed by atoms with Crippen LogP contribution in [-0.2, 0) is 14.3 Å². The summed E-state index contributed by atoms with van der Waals surface area (Å²) in [7, 11) is 0. The van der Waals surface area contributed by atoms with Gasteiger partial charge in [-0.25, -0.2) is 0 Å². The Labute approximate surface area is 279 Å². The van der Waals surface area contributed by atoms with Crippen LogP contribution in [0.3, 0.4) is 0 Å². The number of hydrogen-bond acceptors (Lipinski definition) is 3. The average molecular weight is 543 g/mol. The van der Waals surface area contributed by atoms with Gasteiger partial charge in [0.1, 0.15) is 0 Å². The number of hydrogen-bond donors (Lipinski definition) is 0. The molecule has 212 valence electrons. The molecule has 0 rings (SSSR count). The minimum Gasteiger partial charge on any atom is -1.00 e. The molecule has 0 spiro atoms. The van der Waals surface area contributed by atoms with Gasteiger partial charge in [0.05, 0.1) is 0 Å². The Bertz CT molecular complexity index is 429. The summed E-state index contributed by atoms with van der Waals surface area (Å²) in [5.41, 5.74) is 0. The van der Waals surface area contributed by atoms with Crippen LogP contribution >= 0.6 is 0 Å². The molecule has 0 aliphatic carbocycles. The molecule has 0 saturated heterocycles. The van der Waals surface area contributed by atoms with E-state index in [9.17, 15) is 9.59 Å². The minimum absolute atomic E-state index is 0. The van der Waals surface area contributed by atoms with Crippen molar-refractivity contribution in [3.8, 4) is 0 Å². The monoisotopic (exact) mass is 542 g/mol. The third kappa shape index (κ3) is 37.1. The number of rotatable bonds is 28. The molecule has 0 heterocycles. The van der Waals surface area contributed by atoms with Crippen molar-refractivity contribution in [2.75, 3.05) is 0 Å². The van der Waals surface area contributed by atoms with Crippen molar-refractivity contribution in [3.63, 3.8) is 0 Å². The van der Waals surface area contributed by atoms with Gasteiger partial charge in [-0.3, -0.25) is 9.59 Å². The molecule has 0 bridgehead atoms. The smallest absolute Gasteiger partial charge is 1.00 e. The van der Waals surface area contributed by atoms with E-state index >= 15 is 0 Å². The number of carbonyl (C=O) groups excluding carboxylic acids is 2. The van der Waals surface area contributed by atoms with E-state index in [2.05, 4.69) is 13.8 Å². The summed E-state index contributed by atoms with van der Waals surface area (Å²) in [6.45, 7) is 4.54. The molecule has 0 radical (unpaired) electrons. The predicted molar refractivity (Wildman–Crippen MR) is 154 cm³/mol. The van der Waals surface area contributed by atoms with Crippen molar-refractivity contribution < 1.29 is 76.3 Å². The Balaban J connectivity index is -0.000000963. The first kappa shape index (κ1) is 42.6. The molecule has 0 amide bonds. The molecule has 0 atom stereocenters. The molecule has 0 N–H and O–H groups in total. The van der Waals surface area contributed by atoms with Gasteiger partial charge in [0, 0.05) is 12.8 Å². The third-order valence-electron chi connectivity index (χ3n) is 7.20. The minimum atomic E-state index is -0.326. The topological polar surface area (TPSA) is 43.4 Å². The second-order valence-corrected chi connectivity index (χ2v) is 10.8. The van der Waals surface area contributed by atoms with Crippen LogP contribution in [0.2, 0.25) is 0 Å². The quantitative estimate of drug-likeness (QED) is 0.0587. The Kier molecular flexibility index (Phi) is 42.8. The second kappa shape index (κ2) is 37.1. The van der Waals surface area contributed by atoms with Crippen LogP contribution in [0.15, 0.2) is 0 Å². The SMILES string of the molecule is CCCCCCCCCCCCCCCC(=O)OC(=O)CCCCCCCCCCCCCCC.[H-].[H-].[Na+].[Na+].